The van der Waals surface area contributed by atoms with Gasteiger partial charge in [-0.2, -0.15) is 0 Å². The van der Waals surface area contributed by atoms with E-state index in [1.165, 1.54) is 6.07 Å². The minimum Gasteiger partial charge on any atom is -0.490 e. The normalized spacial score (nSPS) is 15.9. The second-order valence-electron chi connectivity index (χ2n) is 5.01. The summed E-state index contributed by atoms with van der Waals surface area (Å²) in [6.45, 7) is 0. The quantitative estimate of drug-likeness (QED) is 0.650. The van der Waals surface area contributed by atoms with Crippen LogP contribution in [0.25, 0.3) is 0 Å². The zero-order valence-corrected chi connectivity index (χ0v) is 11.1. The van der Waals surface area contributed by atoms with Gasteiger partial charge in [-0.15, -0.1) is 0 Å². The highest BCUT2D eigenvalue weighted by atomic mass is 19.1. The van der Waals surface area contributed by atoms with Crippen LogP contribution in [-0.4, -0.2) is 6.10 Å². The minimum absolute atomic E-state index is 0.270. The Morgan fingerprint density at radius 3 is 2.40 bits per heavy atom. The first-order valence-corrected chi connectivity index (χ1v) is 6.75. The van der Waals surface area contributed by atoms with E-state index in [1.807, 2.05) is 24.3 Å². The lowest BCUT2D eigenvalue weighted by molar-refractivity contribution is 0.303. The summed E-state index contributed by atoms with van der Waals surface area (Å²) in [7, 11) is 0. The first-order chi connectivity index (χ1) is 9.78. The van der Waals surface area contributed by atoms with Crippen molar-refractivity contribution >= 4 is 0 Å². The number of ether oxygens (including phenoxy) is 1. The van der Waals surface area contributed by atoms with E-state index < -0.39 is 0 Å². The average Bonchev–Trinajstić information content (AvgIpc) is 3.27. The highest BCUT2D eigenvalue weighted by Gasteiger charge is 2.23. The van der Waals surface area contributed by atoms with Gasteiger partial charge in [-0.05, 0) is 36.6 Å². The van der Waals surface area contributed by atoms with Crippen molar-refractivity contribution in [2.75, 3.05) is 0 Å². The molecule has 2 aromatic rings. The molecule has 0 saturated heterocycles. The number of hydrogen-bond acceptors (Lipinski definition) is 3. The lowest BCUT2D eigenvalue weighted by atomic mass is 9.99. The van der Waals surface area contributed by atoms with Crippen LogP contribution in [0.2, 0.25) is 0 Å². The van der Waals surface area contributed by atoms with Crippen LogP contribution in [0.3, 0.4) is 0 Å². The van der Waals surface area contributed by atoms with Crippen LogP contribution in [0.1, 0.15) is 30.0 Å². The molecular formula is C16H17FN2O. The number of rotatable bonds is 5. The molecule has 20 heavy (non-hydrogen) atoms. The molecule has 2 aromatic carbocycles. The Morgan fingerprint density at radius 2 is 1.80 bits per heavy atom. The predicted octanol–water partition coefficient (Wildman–Crippen LogP) is 2.92. The van der Waals surface area contributed by atoms with Crippen molar-refractivity contribution < 1.29 is 9.13 Å². The zero-order chi connectivity index (χ0) is 13.9. The van der Waals surface area contributed by atoms with Crippen LogP contribution in [0, 0.1) is 5.82 Å². The molecule has 3 rings (SSSR count). The molecular weight excluding hydrogens is 255 g/mol. The maximum absolute atomic E-state index is 13.9. The third-order valence-electron chi connectivity index (χ3n) is 3.42. The lowest BCUT2D eigenvalue weighted by Crippen LogP contribution is -2.29. The lowest BCUT2D eigenvalue weighted by Gasteiger charge is -2.18. The van der Waals surface area contributed by atoms with Gasteiger partial charge >= 0.3 is 0 Å². The fraction of sp³-hybridized carbons (Fsp3) is 0.250. The number of benzene rings is 2. The molecule has 0 aromatic heterocycles. The summed E-state index contributed by atoms with van der Waals surface area (Å²) in [6.07, 6.45) is 2.63. The van der Waals surface area contributed by atoms with Crippen LogP contribution in [0.4, 0.5) is 4.39 Å². The molecule has 4 heteroatoms. The Balaban J connectivity index is 1.83. The van der Waals surface area contributed by atoms with Crippen molar-refractivity contribution in [3.8, 4) is 5.75 Å². The number of hydrazine groups is 1. The molecule has 1 atom stereocenters. The highest BCUT2D eigenvalue weighted by Crippen LogP contribution is 2.29. The van der Waals surface area contributed by atoms with Crippen molar-refractivity contribution in [3.05, 3.63) is 65.5 Å². The zero-order valence-electron chi connectivity index (χ0n) is 11.1. The smallest absolute Gasteiger partial charge is 0.128 e. The maximum Gasteiger partial charge on any atom is 0.128 e. The molecule has 0 radical (unpaired) electrons. The molecule has 3 nitrogen and oxygen atoms in total. The van der Waals surface area contributed by atoms with Gasteiger partial charge in [-0.25, -0.2) is 9.82 Å². The van der Waals surface area contributed by atoms with Gasteiger partial charge in [0.15, 0.2) is 0 Å². The highest BCUT2D eigenvalue weighted by molar-refractivity contribution is 5.36. The molecule has 1 unspecified atom stereocenters. The molecule has 0 bridgehead atoms. The Bertz CT molecular complexity index is 581. The van der Waals surface area contributed by atoms with E-state index in [2.05, 4.69) is 5.43 Å². The topological polar surface area (TPSA) is 47.3 Å². The molecule has 1 saturated carbocycles. The Morgan fingerprint density at radius 1 is 1.10 bits per heavy atom. The second kappa shape index (κ2) is 5.61. The van der Waals surface area contributed by atoms with Gasteiger partial charge in [-0.3, -0.25) is 5.84 Å². The molecule has 104 valence electrons. The molecule has 1 aliphatic carbocycles. The monoisotopic (exact) mass is 272 g/mol. The van der Waals surface area contributed by atoms with Gasteiger partial charge in [0.2, 0.25) is 0 Å². The SMILES string of the molecule is NNC(c1ccc(OC2CC2)cc1)c1ccccc1F. The summed E-state index contributed by atoms with van der Waals surface area (Å²) >= 11 is 0. The van der Waals surface area contributed by atoms with Crippen molar-refractivity contribution in [3.63, 3.8) is 0 Å². The van der Waals surface area contributed by atoms with Gasteiger partial charge < -0.3 is 4.74 Å². The van der Waals surface area contributed by atoms with Crippen molar-refractivity contribution in [1.82, 2.24) is 5.43 Å². The Hall–Kier alpha value is -1.91. The summed E-state index contributed by atoms with van der Waals surface area (Å²) in [5.74, 6) is 6.16. The number of halogens is 1. The fourth-order valence-corrected chi connectivity index (χ4v) is 2.19. The molecule has 0 spiro atoms. The standard InChI is InChI=1S/C16H17FN2O/c17-15-4-2-1-3-14(15)16(19-18)11-5-7-12(8-6-11)20-13-9-10-13/h1-8,13,16,19H,9-10,18H2. The largest absolute Gasteiger partial charge is 0.490 e. The first kappa shape index (κ1) is 13.1. The number of nitrogens with two attached hydrogens (primary N) is 1. The van der Waals surface area contributed by atoms with E-state index in [0.717, 1.165) is 24.2 Å². The third kappa shape index (κ3) is 2.81. The van der Waals surface area contributed by atoms with E-state index in [0.29, 0.717) is 11.7 Å². The van der Waals surface area contributed by atoms with E-state index in [1.54, 1.807) is 18.2 Å². The van der Waals surface area contributed by atoms with Gasteiger partial charge in [0, 0.05) is 5.56 Å². The number of nitrogens with one attached hydrogen (secondary N) is 1. The van der Waals surface area contributed by atoms with Gasteiger partial charge in [0.25, 0.3) is 0 Å². The molecule has 1 aliphatic rings. The summed E-state index contributed by atoms with van der Waals surface area (Å²) < 4.78 is 19.5. The Labute approximate surface area is 117 Å². The molecule has 0 heterocycles. The summed E-state index contributed by atoms with van der Waals surface area (Å²) in [5, 5.41) is 0. The second-order valence-corrected chi connectivity index (χ2v) is 5.01. The van der Waals surface area contributed by atoms with Crippen LogP contribution in [0.15, 0.2) is 48.5 Å². The molecule has 0 aliphatic heterocycles. The van der Waals surface area contributed by atoms with Crippen LogP contribution >= 0.6 is 0 Å². The van der Waals surface area contributed by atoms with Crippen molar-refractivity contribution in [1.29, 1.82) is 0 Å². The Kier molecular flexibility index (Phi) is 3.67. The van der Waals surface area contributed by atoms with E-state index in [4.69, 9.17) is 10.6 Å². The van der Waals surface area contributed by atoms with Crippen molar-refractivity contribution in [2.45, 2.75) is 25.0 Å². The van der Waals surface area contributed by atoms with Crippen LogP contribution in [0.5, 0.6) is 5.75 Å². The predicted molar refractivity (Wildman–Crippen MR) is 75.7 cm³/mol. The van der Waals surface area contributed by atoms with Gasteiger partial charge in [-0.1, -0.05) is 30.3 Å². The molecule has 1 fully saturated rings. The summed E-state index contributed by atoms with van der Waals surface area (Å²) in [5.41, 5.74) is 4.10. The summed E-state index contributed by atoms with van der Waals surface area (Å²) in [4.78, 5) is 0. The average molecular weight is 272 g/mol. The van der Waals surface area contributed by atoms with Gasteiger partial charge in [0.1, 0.15) is 11.6 Å². The number of hydrogen-bond donors (Lipinski definition) is 2. The molecule has 0 amide bonds. The third-order valence-corrected chi connectivity index (χ3v) is 3.42. The van der Waals surface area contributed by atoms with Crippen molar-refractivity contribution in [2.24, 2.45) is 5.84 Å². The van der Waals surface area contributed by atoms with E-state index in [-0.39, 0.29) is 11.9 Å². The molecule has 3 N–H and O–H groups in total. The first-order valence-electron chi connectivity index (χ1n) is 6.75. The minimum atomic E-state index is -0.369. The maximum atomic E-state index is 13.9. The van der Waals surface area contributed by atoms with Gasteiger partial charge in [0.05, 0.1) is 12.1 Å². The van der Waals surface area contributed by atoms with E-state index in [9.17, 15) is 4.39 Å². The van der Waals surface area contributed by atoms with Crippen LogP contribution in [-0.2, 0) is 0 Å². The fourth-order valence-electron chi connectivity index (χ4n) is 2.19. The van der Waals surface area contributed by atoms with Crippen LogP contribution < -0.4 is 16.0 Å². The summed E-state index contributed by atoms with van der Waals surface area (Å²) in [6, 6.07) is 13.9. The van der Waals surface area contributed by atoms with E-state index >= 15 is 0 Å².